The van der Waals surface area contributed by atoms with Crippen molar-refractivity contribution in [1.29, 1.82) is 0 Å². The predicted octanol–water partition coefficient (Wildman–Crippen LogP) is 4.12. The number of guanidine groups is 1. The molecule has 0 bridgehead atoms. The van der Waals surface area contributed by atoms with E-state index in [1.807, 2.05) is 23.1 Å². The molecule has 4 rings (SSSR count). The van der Waals surface area contributed by atoms with E-state index in [1.54, 1.807) is 0 Å². The molecule has 1 aliphatic heterocycles. The van der Waals surface area contributed by atoms with Gasteiger partial charge in [-0.15, -0.1) is 0 Å². The number of nitrogens with one attached hydrogen (secondary N) is 2. The Morgan fingerprint density at radius 3 is 2.58 bits per heavy atom. The van der Waals surface area contributed by atoms with E-state index >= 15 is 0 Å². The average molecular weight is 419 g/mol. The minimum absolute atomic E-state index is 0.259. The SMILES string of the molecule is CCNC(=NCc1ccc(CN2CCCC2=O)cc1)NCc1oc2ccccc2c1C. The molecule has 1 saturated heterocycles. The zero-order chi connectivity index (χ0) is 21.6. The molecule has 0 saturated carbocycles. The summed E-state index contributed by atoms with van der Waals surface area (Å²) in [5, 5.41) is 7.82. The zero-order valence-corrected chi connectivity index (χ0v) is 18.3. The molecule has 2 aromatic carbocycles. The van der Waals surface area contributed by atoms with Crippen LogP contribution >= 0.6 is 0 Å². The Kier molecular flexibility index (Phi) is 6.55. The highest BCUT2D eigenvalue weighted by Gasteiger charge is 2.19. The van der Waals surface area contributed by atoms with Crippen LogP contribution < -0.4 is 10.6 Å². The molecule has 2 heterocycles. The van der Waals surface area contributed by atoms with Gasteiger partial charge in [0.05, 0.1) is 13.1 Å². The fraction of sp³-hybridized carbons (Fsp3) is 0.360. The van der Waals surface area contributed by atoms with E-state index < -0.39 is 0 Å². The van der Waals surface area contributed by atoms with Gasteiger partial charge >= 0.3 is 0 Å². The van der Waals surface area contributed by atoms with Crippen molar-refractivity contribution in [3.8, 4) is 0 Å². The first-order chi connectivity index (χ1) is 15.1. The van der Waals surface area contributed by atoms with Crippen LogP contribution in [0.5, 0.6) is 0 Å². The van der Waals surface area contributed by atoms with Gasteiger partial charge in [0.2, 0.25) is 5.91 Å². The number of hydrogen-bond acceptors (Lipinski definition) is 3. The molecule has 1 amide bonds. The molecule has 1 aromatic heterocycles. The predicted molar refractivity (Wildman–Crippen MR) is 124 cm³/mol. The number of fused-ring (bicyclic) bond motifs is 1. The number of rotatable bonds is 7. The Hall–Kier alpha value is -3.28. The number of benzene rings is 2. The lowest BCUT2D eigenvalue weighted by Gasteiger charge is -2.15. The summed E-state index contributed by atoms with van der Waals surface area (Å²) in [6.45, 7) is 7.65. The van der Waals surface area contributed by atoms with Gasteiger partial charge in [-0.1, -0.05) is 42.5 Å². The van der Waals surface area contributed by atoms with Crippen LogP contribution in [0.1, 0.15) is 42.2 Å². The van der Waals surface area contributed by atoms with Gasteiger partial charge in [0.15, 0.2) is 5.96 Å². The summed E-state index contributed by atoms with van der Waals surface area (Å²) in [5.74, 6) is 1.94. The van der Waals surface area contributed by atoms with Gasteiger partial charge in [-0.25, -0.2) is 4.99 Å². The van der Waals surface area contributed by atoms with E-state index in [-0.39, 0.29) is 5.91 Å². The van der Waals surface area contributed by atoms with Crippen molar-refractivity contribution in [3.05, 3.63) is 71.0 Å². The molecule has 6 heteroatoms. The van der Waals surface area contributed by atoms with Gasteiger partial charge < -0.3 is 20.0 Å². The summed E-state index contributed by atoms with van der Waals surface area (Å²) in [5.41, 5.74) is 4.36. The highest BCUT2D eigenvalue weighted by molar-refractivity contribution is 5.83. The first-order valence-electron chi connectivity index (χ1n) is 11.0. The topological polar surface area (TPSA) is 69.9 Å². The second-order valence-electron chi connectivity index (χ2n) is 7.93. The molecule has 31 heavy (non-hydrogen) atoms. The summed E-state index contributed by atoms with van der Waals surface area (Å²) in [7, 11) is 0. The van der Waals surface area contributed by atoms with Crippen molar-refractivity contribution >= 4 is 22.8 Å². The van der Waals surface area contributed by atoms with Crippen molar-refractivity contribution in [1.82, 2.24) is 15.5 Å². The van der Waals surface area contributed by atoms with E-state index in [1.165, 1.54) is 0 Å². The number of carbonyl (C=O) groups is 1. The number of hydrogen-bond donors (Lipinski definition) is 2. The molecule has 0 atom stereocenters. The number of furan rings is 1. The second kappa shape index (κ2) is 9.69. The molecular weight excluding hydrogens is 388 g/mol. The lowest BCUT2D eigenvalue weighted by molar-refractivity contribution is -0.128. The third kappa shape index (κ3) is 5.08. The van der Waals surface area contributed by atoms with E-state index in [0.29, 0.717) is 26.1 Å². The molecule has 0 spiro atoms. The van der Waals surface area contributed by atoms with E-state index in [9.17, 15) is 4.79 Å². The lowest BCUT2D eigenvalue weighted by Crippen LogP contribution is -2.36. The fourth-order valence-corrected chi connectivity index (χ4v) is 3.91. The minimum Gasteiger partial charge on any atom is -0.459 e. The van der Waals surface area contributed by atoms with Crippen molar-refractivity contribution < 1.29 is 9.21 Å². The summed E-state index contributed by atoms with van der Waals surface area (Å²) in [4.78, 5) is 18.5. The molecular formula is C25H30N4O2. The van der Waals surface area contributed by atoms with Gasteiger partial charge in [-0.3, -0.25) is 4.79 Å². The maximum absolute atomic E-state index is 11.8. The fourth-order valence-electron chi connectivity index (χ4n) is 3.91. The molecule has 6 nitrogen and oxygen atoms in total. The summed E-state index contributed by atoms with van der Waals surface area (Å²) in [6.07, 6.45) is 1.65. The Morgan fingerprint density at radius 1 is 1.10 bits per heavy atom. The molecule has 0 aliphatic carbocycles. The Labute approximate surface area is 183 Å². The van der Waals surface area contributed by atoms with Crippen molar-refractivity contribution in [2.24, 2.45) is 4.99 Å². The number of aliphatic imine (C=N–C) groups is 1. The van der Waals surface area contributed by atoms with E-state index in [0.717, 1.165) is 58.9 Å². The molecule has 2 N–H and O–H groups in total. The van der Waals surface area contributed by atoms with Crippen LogP contribution in [0.4, 0.5) is 0 Å². The van der Waals surface area contributed by atoms with Crippen LogP contribution in [-0.4, -0.2) is 29.9 Å². The number of para-hydroxylation sites is 1. The van der Waals surface area contributed by atoms with Gasteiger partial charge in [0.25, 0.3) is 0 Å². The van der Waals surface area contributed by atoms with Gasteiger partial charge in [-0.2, -0.15) is 0 Å². The first kappa shape index (κ1) is 21.0. The monoisotopic (exact) mass is 418 g/mol. The first-order valence-corrected chi connectivity index (χ1v) is 11.0. The Morgan fingerprint density at radius 2 is 1.87 bits per heavy atom. The van der Waals surface area contributed by atoms with Crippen LogP contribution in [0.15, 0.2) is 57.9 Å². The molecule has 1 fully saturated rings. The van der Waals surface area contributed by atoms with E-state index in [4.69, 9.17) is 9.41 Å². The molecule has 0 radical (unpaired) electrons. The maximum atomic E-state index is 11.8. The number of nitrogens with zero attached hydrogens (tertiary/aromatic N) is 2. The number of amides is 1. The summed E-state index contributed by atoms with van der Waals surface area (Å²) >= 11 is 0. The minimum atomic E-state index is 0.259. The van der Waals surface area contributed by atoms with Gasteiger partial charge in [0.1, 0.15) is 11.3 Å². The lowest BCUT2D eigenvalue weighted by atomic mass is 10.1. The largest absolute Gasteiger partial charge is 0.459 e. The van der Waals surface area contributed by atoms with Crippen molar-refractivity contribution in [2.45, 2.75) is 46.3 Å². The highest BCUT2D eigenvalue weighted by atomic mass is 16.3. The number of aryl methyl sites for hydroxylation is 1. The Bertz CT molecular complexity index is 1070. The normalized spacial score (nSPS) is 14.5. The molecule has 162 valence electrons. The van der Waals surface area contributed by atoms with E-state index in [2.05, 4.69) is 54.8 Å². The standard InChI is InChI=1S/C25H30N4O2/c1-3-26-25(28-16-23-18(2)21-7-4-5-8-22(21)31-23)27-15-19-10-12-20(13-11-19)17-29-14-6-9-24(29)30/h4-5,7-8,10-13H,3,6,9,14-17H2,1-2H3,(H2,26,27,28). The smallest absolute Gasteiger partial charge is 0.222 e. The molecule has 3 aromatic rings. The van der Waals surface area contributed by atoms with Crippen LogP contribution in [0.3, 0.4) is 0 Å². The second-order valence-corrected chi connectivity index (χ2v) is 7.93. The average Bonchev–Trinajstić information content (AvgIpc) is 3.34. The van der Waals surface area contributed by atoms with Crippen LogP contribution in [-0.2, 0) is 24.4 Å². The molecule has 0 unspecified atom stereocenters. The van der Waals surface area contributed by atoms with Gasteiger partial charge in [-0.05, 0) is 37.5 Å². The number of carbonyl (C=O) groups excluding carboxylic acids is 1. The molecule has 1 aliphatic rings. The highest BCUT2D eigenvalue weighted by Crippen LogP contribution is 2.24. The third-order valence-electron chi connectivity index (χ3n) is 5.69. The number of likely N-dealkylation sites (tertiary alicyclic amines) is 1. The zero-order valence-electron chi connectivity index (χ0n) is 18.3. The van der Waals surface area contributed by atoms with Crippen molar-refractivity contribution in [2.75, 3.05) is 13.1 Å². The quantitative estimate of drug-likeness (QED) is 0.447. The third-order valence-corrected chi connectivity index (χ3v) is 5.69. The summed E-state index contributed by atoms with van der Waals surface area (Å²) in [6, 6.07) is 16.5. The summed E-state index contributed by atoms with van der Waals surface area (Å²) < 4.78 is 5.99. The maximum Gasteiger partial charge on any atom is 0.222 e. The Balaban J connectivity index is 1.36. The van der Waals surface area contributed by atoms with Crippen molar-refractivity contribution in [3.63, 3.8) is 0 Å². The van der Waals surface area contributed by atoms with Gasteiger partial charge in [0, 0.05) is 37.0 Å². The van der Waals surface area contributed by atoms with Crippen LogP contribution in [0.2, 0.25) is 0 Å². The van der Waals surface area contributed by atoms with Crippen LogP contribution in [0, 0.1) is 6.92 Å². The van der Waals surface area contributed by atoms with Crippen LogP contribution in [0.25, 0.3) is 11.0 Å².